The minimum Gasteiger partial charge on any atom is -0.494 e. The molecule has 3 aromatic rings. The van der Waals surface area contributed by atoms with Gasteiger partial charge in [0.15, 0.2) is 11.6 Å². The average molecular weight is 527 g/mol. The highest BCUT2D eigenvalue weighted by Crippen LogP contribution is 2.40. The predicted molar refractivity (Wildman–Crippen MR) is 137 cm³/mol. The van der Waals surface area contributed by atoms with E-state index in [4.69, 9.17) is 14.2 Å². The van der Waals surface area contributed by atoms with Crippen LogP contribution in [0.2, 0.25) is 0 Å². The number of aromatic amines is 1. The van der Waals surface area contributed by atoms with E-state index in [1.54, 1.807) is 25.3 Å². The van der Waals surface area contributed by atoms with Gasteiger partial charge in [0.2, 0.25) is 5.91 Å². The maximum absolute atomic E-state index is 14.6. The molecule has 10 nitrogen and oxygen atoms in total. The number of carbonyl (C=O) groups is 2. The van der Waals surface area contributed by atoms with Crippen molar-refractivity contribution in [2.75, 3.05) is 40.5 Å². The Kier molecular flexibility index (Phi) is 7.22. The SMILES string of the molecule is COCC(=O)N1C[C@@H](O)[C@H](NC(=O)c2c(C)[nH]c3c(-c4cc(OC)c(F)cc4OCC4CC4)ccnc23)C1. The van der Waals surface area contributed by atoms with Crippen LogP contribution in [0.3, 0.4) is 0 Å². The Morgan fingerprint density at radius 3 is 2.71 bits per heavy atom. The number of pyridine rings is 1. The van der Waals surface area contributed by atoms with Crippen molar-refractivity contribution in [1.82, 2.24) is 20.2 Å². The molecule has 1 saturated carbocycles. The summed E-state index contributed by atoms with van der Waals surface area (Å²) < 4.78 is 30.7. The van der Waals surface area contributed by atoms with Crippen molar-refractivity contribution >= 4 is 22.8 Å². The lowest BCUT2D eigenvalue weighted by Gasteiger charge is -2.17. The standard InChI is InChI=1S/C27H31FN4O6/c1-14-24(27(35)31-19-10-32(11-20(19)33)23(34)13-36-2)26-25(30-14)16(6-7-29-26)17-8-22(37-3)18(28)9-21(17)38-12-15-4-5-15/h6-9,15,19-20,30,33H,4-5,10-13H2,1-3H3,(H,31,35)/t19-,20-/m1/s1. The summed E-state index contributed by atoms with van der Waals surface area (Å²) in [6.45, 7) is 2.44. The first-order valence-corrected chi connectivity index (χ1v) is 12.5. The number of halogens is 1. The van der Waals surface area contributed by atoms with Crippen LogP contribution < -0.4 is 14.8 Å². The first-order chi connectivity index (χ1) is 18.3. The monoisotopic (exact) mass is 526 g/mol. The van der Waals surface area contributed by atoms with Crippen molar-refractivity contribution in [2.24, 2.45) is 5.92 Å². The molecule has 5 rings (SSSR count). The van der Waals surface area contributed by atoms with E-state index in [0.29, 0.717) is 51.7 Å². The second-order valence-corrected chi connectivity index (χ2v) is 9.82. The maximum Gasteiger partial charge on any atom is 0.255 e. The van der Waals surface area contributed by atoms with Gasteiger partial charge in [0.05, 0.1) is 36.9 Å². The molecule has 1 saturated heterocycles. The first-order valence-electron chi connectivity index (χ1n) is 12.5. The summed E-state index contributed by atoms with van der Waals surface area (Å²) in [4.78, 5) is 34.7. The van der Waals surface area contributed by atoms with E-state index < -0.39 is 23.9 Å². The minimum absolute atomic E-state index is 0.0766. The zero-order valence-corrected chi connectivity index (χ0v) is 21.5. The number of aromatic nitrogens is 2. The maximum atomic E-state index is 14.6. The number of carbonyl (C=O) groups excluding carboxylic acids is 2. The lowest BCUT2D eigenvalue weighted by molar-refractivity contribution is -0.134. The van der Waals surface area contributed by atoms with Gasteiger partial charge in [-0.05, 0) is 37.8 Å². The number of rotatable bonds is 9. The van der Waals surface area contributed by atoms with E-state index in [0.717, 1.165) is 12.8 Å². The van der Waals surface area contributed by atoms with Crippen LogP contribution in [0, 0.1) is 18.7 Å². The number of nitrogens with zero attached hydrogens (tertiary/aromatic N) is 2. The number of likely N-dealkylation sites (tertiary alicyclic amines) is 1. The largest absolute Gasteiger partial charge is 0.494 e. The first kappa shape index (κ1) is 25.9. The Bertz CT molecular complexity index is 1370. The number of nitrogens with one attached hydrogen (secondary N) is 2. The molecule has 202 valence electrons. The second-order valence-electron chi connectivity index (χ2n) is 9.82. The van der Waals surface area contributed by atoms with Gasteiger partial charge >= 0.3 is 0 Å². The van der Waals surface area contributed by atoms with Crippen molar-refractivity contribution in [3.05, 3.63) is 41.5 Å². The lowest BCUT2D eigenvalue weighted by atomic mass is 10.0. The fourth-order valence-electron chi connectivity index (χ4n) is 4.81. The van der Waals surface area contributed by atoms with Crippen LogP contribution in [-0.4, -0.2) is 84.5 Å². The number of hydrogen-bond donors (Lipinski definition) is 3. The molecule has 1 aliphatic heterocycles. The molecule has 2 amide bonds. The van der Waals surface area contributed by atoms with Crippen LogP contribution >= 0.6 is 0 Å². The van der Waals surface area contributed by atoms with E-state index in [1.807, 2.05) is 0 Å². The van der Waals surface area contributed by atoms with Gasteiger partial charge in [-0.1, -0.05) is 0 Å². The van der Waals surface area contributed by atoms with Gasteiger partial charge in [-0.25, -0.2) is 4.39 Å². The van der Waals surface area contributed by atoms with Crippen molar-refractivity contribution in [3.8, 4) is 22.6 Å². The normalized spacial score (nSPS) is 19.1. The number of β-amino-alcohol motifs (C(OH)–C–C–N with tert-alkyl or cyclic N) is 1. The molecular formula is C27H31FN4O6. The van der Waals surface area contributed by atoms with Crippen LogP contribution in [0.5, 0.6) is 11.5 Å². The molecule has 0 spiro atoms. The molecule has 0 radical (unpaired) electrons. The third-order valence-corrected chi connectivity index (χ3v) is 7.04. The Hall–Kier alpha value is -3.70. The summed E-state index contributed by atoms with van der Waals surface area (Å²) in [5.41, 5.74) is 3.20. The number of hydrogen-bond acceptors (Lipinski definition) is 7. The van der Waals surface area contributed by atoms with Crippen molar-refractivity contribution in [1.29, 1.82) is 0 Å². The predicted octanol–water partition coefficient (Wildman–Crippen LogP) is 2.42. The molecule has 0 unspecified atom stereocenters. The van der Waals surface area contributed by atoms with Crippen LogP contribution in [0.4, 0.5) is 4.39 Å². The van der Waals surface area contributed by atoms with Gasteiger partial charge in [-0.3, -0.25) is 14.6 Å². The topological polar surface area (TPSA) is 126 Å². The summed E-state index contributed by atoms with van der Waals surface area (Å²) in [5, 5.41) is 13.3. The van der Waals surface area contributed by atoms with Crippen molar-refractivity contribution in [2.45, 2.75) is 31.9 Å². The molecule has 3 heterocycles. The summed E-state index contributed by atoms with van der Waals surface area (Å²) in [7, 11) is 2.83. The highest BCUT2D eigenvalue weighted by Gasteiger charge is 2.36. The average Bonchev–Trinajstić information content (AvgIpc) is 3.56. The molecule has 11 heteroatoms. The minimum atomic E-state index is -0.911. The van der Waals surface area contributed by atoms with Crippen LogP contribution in [0.1, 0.15) is 28.9 Å². The van der Waals surface area contributed by atoms with Gasteiger partial charge in [-0.15, -0.1) is 0 Å². The summed E-state index contributed by atoms with van der Waals surface area (Å²) in [6.07, 6.45) is 2.86. The number of benzene rings is 1. The highest BCUT2D eigenvalue weighted by molar-refractivity contribution is 6.10. The van der Waals surface area contributed by atoms with Crippen molar-refractivity contribution in [3.63, 3.8) is 0 Å². The molecular weight excluding hydrogens is 495 g/mol. The smallest absolute Gasteiger partial charge is 0.255 e. The van der Waals surface area contributed by atoms with Crippen LogP contribution in [0.15, 0.2) is 24.4 Å². The van der Waals surface area contributed by atoms with E-state index in [2.05, 4.69) is 15.3 Å². The number of H-pyrrole nitrogens is 1. The summed E-state index contributed by atoms with van der Waals surface area (Å²) >= 11 is 0. The third-order valence-electron chi connectivity index (χ3n) is 7.04. The van der Waals surface area contributed by atoms with Crippen molar-refractivity contribution < 1.29 is 33.3 Å². The zero-order valence-electron chi connectivity index (χ0n) is 21.5. The molecule has 1 aliphatic carbocycles. The molecule has 2 aliphatic rings. The number of methoxy groups -OCH3 is 2. The lowest BCUT2D eigenvalue weighted by Crippen LogP contribution is -2.43. The number of ether oxygens (including phenoxy) is 3. The van der Waals surface area contributed by atoms with E-state index in [-0.39, 0.29) is 31.4 Å². The third kappa shape index (κ3) is 5.03. The fraction of sp³-hybridized carbons (Fsp3) is 0.444. The van der Waals surface area contributed by atoms with Crippen LogP contribution in [-0.2, 0) is 9.53 Å². The number of aryl methyl sites for hydroxylation is 1. The number of fused-ring (bicyclic) bond motifs is 1. The number of aliphatic hydroxyl groups excluding tert-OH is 1. The molecule has 0 bridgehead atoms. The second kappa shape index (κ2) is 10.6. The molecule has 1 aromatic carbocycles. The fourth-order valence-corrected chi connectivity index (χ4v) is 4.81. The molecule has 2 atom stereocenters. The molecule has 2 aromatic heterocycles. The Balaban J connectivity index is 1.47. The van der Waals surface area contributed by atoms with Gasteiger partial charge in [0.1, 0.15) is 17.9 Å². The van der Waals surface area contributed by atoms with Gasteiger partial charge in [-0.2, -0.15) is 0 Å². The van der Waals surface area contributed by atoms with E-state index in [1.165, 1.54) is 25.2 Å². The molecule has 38 heavy (non-hydrogen) atoms. The molecule has 3 N–H and O–H groups in total. The number of amides is 2. The molecule has 2 fully saturated rings. The number of aliphatic hydroxyl groups is 1. The van der Waals surface area contributed by atoms with E-state index >= 15 is 0 Å². The summed E-state index contributed by atoms with van der Waals surface area (Å²) in [6, 6.07) is 4.05. The quantitative estimate of drug-likeness (QED) is 0.391. The Morgan fingerprint density at radius 1 is 1.21 bits per heavy atom. The van der Waals surface area contributed by atoms with Gasteiger partial charge < -0.3 is 34.5 Å². The highest BCUT2D eigenvalue weighted by atomic mass is 19.1. The van der Waals surface area contributed by atoms with Gasteiger partial charge in [0, 0.05) is 49.3 Å². The van der Waals surface area contributed by atoms with Crippen LogP contribution in [0.25, 0.3) is 22.2 Å². The zero-order chi connectivity index (χ0) is 27.0. The summed E-state index contributed by atoms with van der Waals surface area (Å²) in [5.74, 6) is -0.273. The Morgan fingerprint density at radius 2 is 2.00 bits per heavy atom. The Labute approximate surface area is 219 Å². The van der Waals surface area contributed by atoms with E-state index in [9.17, 15) is 19.1 Å². The van der Waals surface area contributed by atoms with Gasteiger partial charge in [0.25, 0.3) is 5.91 Å².